The lowest BCUT2D eigenvalue weighted by molar-refractivity contribution is -0.111. The molecule has 0 aliphatic carbocycles. The van der Waals surface area contributed by atoms with Gasteiger partial charge in [0, 0.05) is 17.8 Å². The van der Waals surface area contributed by atoms with Crippen LogP contribution in [0, 0.1) is 0 Å². The van der Waals surface area contributed by atoms with Gasteiger partial charge in [0.25, 0.3) is 0 Å². The maximum absolute atomic E-state index is 12.4. The zero-order chi connectivity index (χ0) is 17.5. The fraction of sp³-hybridized carbons (Fsp3) is 0.312. The van der Waals surface area contributed by atoms with Gasteiger partial charge in [-0.25, -0.2) is 8.42 Å². The highest BCUT2D eigenvalue weighted by Crippen LogP contribution is 2.20. The van der Waals surface area contributed by atoms with Crippen molar-refractivity contribution in [2.75, 3.05) is 18.8 Å². The molecule has 0 unspecified atom stereocenters. The predicted octanol–water partition coefficient (Wildman–Crippen LogP) is 1.13. The number of aliphatic imine (C=N–C) groups is 1. The van der Waals surface area contributed by atoms with Crippen LogP contribution in [-0.2, 0) is 19.4 Å². The van der Waals surface area contributed by atoms with E-state index in [1.54, 1.807) is 26.0 Å². The molecule has 0 bridgehead atoms. The second-order valence-electron chi connectivity index (χ2n) is 4.82. The second kappa shape index (κ2) is 8.38. The molecule has 6 nitrogen and oxygen atoms in total. The lowest BCUT2D eigenvalue weighted by Gasteiger charge is -2.19. The Labute approximate surface area is 136 Å². The standard InChI is InChI=1S/C16H20N2O4S/c1-4-5-14(18-8-10-19)7-6-12(2)15(20)16-13(3)17-9-11-23(16,21)22/h4-7,10,17H,2,8-9,11H2,1,3H3/b5-4+,7-6-,18-14?. The number of carbonyl (C=O) groups excluding carboxylic acids is 2. The molecule has 7 heteroatoms. The highest BCUT2D eigenvalue weighted by molar-refractivity contribution is 7.96. The topological polar surface area (TPSA) is 92.7 Å². The van der Waals surface area contributed by atoms with Gasteiger partial charge in [-0.2, -0.15) is 0 Å². The van der Waals surface area contributed by atoms with Crippen molar-refractivity contribution in [3.63, 3.8) is 0 Å². The molecule has 0 spiro atoms. The Hall–Kier alpha value is -2.28. The van der Waals surface area contributed by atoms with E-state index in [1.807, 2.05) is 0 Å². The van der Waals surface area contributed by atoms with Crippen LogP contribution in [0.3, 0.4) is 0 Å². The first-order valence-corrected chi connectivity index (χ1v) is 8.68. The number of ketones is 1. The van der Waals surface area contributed by atoms with E-state index in [2.05, 4.69) is 16.9 Å². The summed E-state index contributed by atoms with van der Waals surface area (Å²) < 4.78 is 24.1. The maximum Gasteiger partial charge on any atom is 0.205 e. The van der Waals surface area contributed by atoms with Crippen LogP contribution in [0.1, 0.15) is 13.8 Å². The Morgan fingerprint density at radius 2 is 2.04 bits per heavy atom. The van der Waals surface area contributed by atoms with Crippen molar-refractivity contribution >= 4 is 27.6 Å². The molecule has 1 aliphatic heterocycles. The SMILES string of the molecule is C=C(/C=C\C(/C=C/C)=NCC=O)C(=O)C1=C(C)NCCS1(=O)=O. The van der Waals surface area contributed by atoms with Gasteiger partial charge < -0.3 is 10.1 Å². The fourth-order valence-corrected chi connectivity index (χ4v) is 3.51. The minimum Gasteiger partial charge on any atom is -0.386 e. The van der Waals surface area contributed by atoms with Gasteiger partial charge in [-0.3, -0.25) is 9.79 Å². The van der Waals surface area contributed by atoms with Gasteiger partial charge in [-0.15, -0.1) is 0 Å². The number of allylic oxidation sites excluding steroid dienone is 7. The molecule has 0 aromatic heterocycles. The molecule has 124 valence electrons. The molecule has 1 aliphatic rings. The highest BCUT2D eigenvalue weighted by atomic mass is 32.2. The lowest BCUT2D eigenvalue weighted by Crippen LogP contribution is -2.34. The second-order valence-corrected chi connectivity index (χ2v) is 6.87. The third-order valence-electron chi connectivity index (χ3n) is 3.05. The van der Waals surface area contributed by atoms with Gasteiger partial charge in [0.15, 0.2) is 9.84 Å². The first kappa shape index (κ1) is 18.8. The molecule has 0 saturated heterocycles. The number of Topliss-reactive ketones (excluding diaryl/α,β-unsaturated/α-hetero) is 1. The van der Waals surface area contributed by atoms with Crippen molar-refractivity contribution < 1.29 is 18.0 Å². The monoisotopic (exact) mass is 336 g/mol. The molecular weight excluding hydrogens is 316 g/mol. The molecular formula is C16H20N2O4S. The first-order chi connectivity index (χ1) is 10.8. The summed E-state index contributed by atoms with van der Waals surface area (Å²) in [6.07, 6.45) is 6.98. The van der Waals surface area contributed by atoms with Crippen LogP contribution in [0.25, 0.3) is 0 Å². The van der Waals surface area contributed by atoms with Crippen molar-refractivity contribution in [2.45, 2.75) is 13.8 Å². The molecule has 23 heavy (non-hydrogen) atoms. The molecule has 0 atom stereocenters. The fourth-order valence-electron chi connectivity index (χ4n) is 1.98. The summed E-state index contributed by atoms with van der Waals surface area (Å²) in [5.74, 6) is -0.756. The van der Waals surface area contributed by atoms with Gasteiger partial charge in [-0.1, -0.05) is 12.7 Å². The van der Waals surface area contributed by atoms with Crippen molar-refractivity contribution in [2.24, 2.45) is 4.99 Å². The largest absolute Gasteiger partial charge is 0.386 e. The van der Waals surface area contributed by atoms with Gasteiger partial charge >= 0.3 is 0 Å². The molecule has 0 radical (unpaired) electrons. The smallest absolute Gasteiger partial charge is 0.205 e. The van der Waals surface area contributed by atoms with Gasteiger partial charge in [0.2, 0.25) is 5.78 Å². The summed E-state index contributed by atoms with van der Waals surface area (Å²) in [6.45, 7) is 7.27. The summed E-state index contributed by atoms with van der Waals surface area (Å²) in [5.41, 5.74) is 0.859. The molecule has 0 amide bonds. The number of nitrogens with zero attached hydrogens (tertiary/aromatic N) is 1. The van der Waals surface area contributed by atoms with Crippen molar-refractivity contribution in [1.29, 1.82) is 0 Å². The number of hydrogen-bond acceptors (Lipinski definition) is 6. The predicted molar refractivity (Wildman–Crippen MR) is 91.0 cm³/mol. The van der Waals surface area contributed by atoms with Crippen LogP contribution >= 0.6 is 0 Å². The minimum absolute atomic E-state index is 0.00694. The summed E-state index contributed by atoms with van der Waals surface area (Å²) in [5, 5.41) is 2.88. The van der Waals surface area contributed by atoms with Crippen molar-refractivity contribution in [1.82, 2.24) is 5.32 Å². The zero-order valence-corrected chi connectivity index (χ0v) is 14.0. The average molecular weight is 336 g/mol. The normalized spacial score (nSPS) is 18.3. The Morgan fingerprint density at radius 3 is 2.61 bits per heavy atom. The van der Waals surface area contributed by atoms with E-state index in [0.29, 0.717) is 17.7 Å². The van der Waals surface area contributed by atoms with E-state index in [-0.39, 0.29) is 29.3 Å². The molecule has 1 heterocycles. The Morgan fingerprint density at radius 1 is 1.35 bits per heavy atom. The number of carbonyl (C=O) groups is 2. The number of nitrogens with one attached hydrogen (secondary N) is 1. The molecule has 1 N–H and O–H groups in total. The third-order valence-corrected chi connectivity index (χ3v) is 4.91. The quantitative estimate of drug-likeness (QED) is 0.326. The van der Waals surface area contributed by atoms with E-state index < -0.39 is 15.6 Å². The summed E-state index contributed by atoms with van der Waals surface area (Å²) in [4.78, 5) is 26.5. The first-order valence-electron chi connectivity index (χ1n) is 7.03. The Balaban J connectivity index is 3.03. The van der Waals surface area contributed by atoms with E-state index >= 15 is 0 Å². The summed E-state index contributed by atoms with van der Waals surface area (Å²) >= 11 is 0. The Bertz CT molecular complexity index is 725. The maximum atomic E-state index is 12.4. The molecule has 0 saturated carbocycles. The van der Waals surface area contributed by atoms with Crippen molar-refractivity contribution in [3.05, 3.63) is 47.1 Å². The van der Waals surface area contributed by atoms with Crippen molar-refractivity contribution in [3.8, 4) is 0 Å². The van der Waals surface area contributed by atoms with E-state index in [0.717, 1.165) is 0 Å². The number of sulfone groups is 1. The van der Waals surface area contributed by atoms with E-state index in [1.165, 1.54) is 12.2 Å². The van der Waals surface area contributed by atoms with Crippen LogP contribution in [0.15, 0.2) is 52.1 Å². The number of rotatable bonds is 7. The summed E-state index contributed by atoms with van der Waals surface area (Å²) in [6, 6.07) is 0. The lowest BCUT2D eigenvalue weighted by atomic mass is 10.1. The zero-order valence-electron chi connectivity index (χ0n) is 13.2. The van der Waals surface area contributed by atoms with Gasteiger partial charge in [0.05, 0.1) is 18.0 Å². The minimum atomic E-state index is -3.60. The van der Waals surface area contributed by atoms with Crippen LogP contribution in [-0.4, -0.2) is 45.0 Å². The highest BCUT2D eigenvalue weighted by Gasteiger charge is 2.30. The van der Waals surface area contributed by atoms with Crippen LogP contribution in [0.2, 0.25) is 0 Å². The molecule has 0 aromatic carbocycles. The third kappa shape index (κ3) is 5.14. The average Bonchev–Trinajstić information content (AvgIpc) is 2.48. The van der Waals surface area contributed by atoms with E-state index in [4.69, 9.17) is 0 Å². The van der Waals surface area contributed by atoms with E-state index in [9.17, 15) is 18.0 Å². The molecule has 1 rings (SSSR count). The molecule has 0 aromatic rings. The van der Waals surface area contributed by atoms with Crippen LogP contribution < -0.4 is 5.32 Å². The number of aldehydes is 1. The Kier molecular flexibility index (Phi) is 6.84. The molecule has 0 fully saturated rings. The van der Waals surface area contributed by atoms with Gasteiger partial charge in [0.1, 0.15) is 11.2 Å². The van der Waals surface area contributed by atoms with Crippen LogP contribution in [0.5, 0.6) is 0 Å². The summed E-state index contributed by atoms with van der Waals surface area (Å²) in [7, 11) is -3.60. The van der Waals surface area contributed by atoms with Gasteiger partial charge in [-0.05, 0) is 32.1 Å². The van der Waals surface area contributed by atoms with Crippen LogP contribution in [0.4, 0.5) is 0 Å². The number of hydrogen-bond donors (Lipinski definition) is 1.